The molecule has 21 heavy (non-hydrogen) atoms. The zero-order valence-corrected chi connectivity index (χ0v) is 11.6. The van der Waals surface area contributed by atoms with Gasteiger partial charge in [0.15, 0.2) is 0 Å². The summed E-state index contributed by atoms with van der Waals surface area (Å²) in [6.07, 6.45) is -4.45. The van der Waals surface area contributed by atoms with Gasteiger partial charge in [-0.05, 0) is 18.6 Å². The molecule has 112 valence electrons. The highest BCUT2D eigenvalue weighted by Crippen LogP contribution is 2.37. The third kappa shape index (κ3) is 3.52. The molecule has 0 aliphatic carbocycles. The van der Waals surface area contributed by atoms with Gasteiger partial charge in [0.25, 0.3) is 0 Å². The smallest absolute Gasteiger partial charge is 0.477 e. The molecule has 1 aromatic carbocycles. The van der Waals surface area contributed by atoms with Crippen molar-refractivity contribution in [1.29, 1.82) is 0 Å². The van der Waals surface area contributed by atoms with E-state index < -0.39 is 18.1 Å². The van der Waals surface area contributed by atoms with E-state index in [0.717, 1.165) is 17.4 Å². The first-order valence-corrected chi connectivity index (χ1v) is 6.71. The Morgan fingerprint density at radius 1 is 1.38 bits per heavy atom. The molecule has 8 heteroatoms. The molecule has 2 aromatic rings. The van der Waals surface area contributed by atoms with E-state index in [4.69, 9.17) is 5.11 Å². The molecule has 1 N–H and O–H groups in total. The van der Waals surface area contributed by atoms with Gasteiger partial charge >= 0.3 is 12.3 Å². The van der Waals surface area contributed by atoms with Crippen molar-refractivity contribution in [3.63, 3.8) is 0 Å². The van der Waals surface area contributed by atoms with Gasteiger partial charge in [-0.1, -0.05) is 19.1 Å². The van der Waals surface area contributed by atoms with Gasteiger partial charge in [-0.25, -0.2) is 9.78 Å². The number of carbonyl (C=O) groups is 1. The molecule has 0 spiro atoms. The summed E-state index contributed by atoms with van der Waals surface area (Å²) < 4.78 is 41.1. The number of ether oxygens (including phenoxy) is 1. The molecule has 0 saturated heterocycles. The predicted octanol–water partition coefficient (Wildman–Crippen LogP) is 3.97. The molecule has 0 aliphatic rings. The highest BCUT2D eigenvalue weighted by Gasteiger charge is 2.32. The SMILES string of the molecule is CCc1nc(-c2ccccc2OC(F)(F)F)sc1C(=O)O. The van der Waals surface area contributed by atoms with Gasteiger partial charge < -0.3 is 9.84 Å². The minimum atomic E-state index is -4.82. The number of carboxylic acid groups (broad SMARTS) is 1. The van der Waals surface area contributed by atoms with E-state index in [9.17, 15) is 18.0 Å². The molecule has 1 heterocycles. The summed E-state index contributed by atoms with van der Waals surface area (Å²) in [6.45, 7) is 1.73. The second kappa shape index (κ2) is 5.72. The molecule has 0 unspecified atom stereocenters. The maximum Gasteiger partial charge on any atom is 0.573 e. The van der Waals surface area contributed by atoms with Crippen LogP contribution in [0.1, 0.15) is 22.3 Å². The zero-order chi connectivity index (χ0) is 15.6. The van der Waals surface area contributed by atoms with Crippen molar-refractivity contribution < 1.29 is 27.8 Å². The molecule has 0 radical (unpaired) electrons. The van der Waals surface area contributed by atoms with Crippen LogP contribution in [0, 0.1) is 0 Å². The van der Waals surface area contributed by atoms with Crippen molar-refractivity contribution in [3.8, 4) is 16.3 Å². The number of carboxylic acids is 1. The van der Waals surface area contributed by atoms with Crippen LogP contribution >= 0.6 is 11.3 Å². The number of nitrogens with zero attached hydrogens (tertiary/aromatic N) is 1. The first kappa shape index (κ1) is 15.3. The van der Waals surface area contributed by atoms with Crippen molar-refractivity contribution in [1.82, 2.24) is 4.98 Å². The minimum absolute atomic E-state index is 0.0225. The number of hydrogen-bond acceptors (Lipinski definition) is 4. The number of aromatic carboxylic acids is 1. The fourth-order valence-corrected chi connectivity index (χ4v) is 2.75. The van der Waals surface area contributed by atoms with E-state index in [1.807, 2.05) is 0 Å². The second-order valence-electron chi connectivity index (χ2n) is 4.00. The van der Waals surface area contributed by atoms with Crippen LogP contribution in [-0.4, -0.2) is 22.4 Å². The first-order valence-electron chi connectivity index (χ1n) is 5.90. The lowest BCUT2D eigenvalue weighted by Crippen LogP contribution is -2.17. The monoisotopic (exact) mass is 317 g/mol. The van der Waals surface area contributed by atoms with Crippen LogP contribution in [0.2, 0.25) is 0 Å². The Labute approximate surface area is 121 Å². The predicted molar refractivity (Wildman–Crippen MR) is 70.6 cm³/mol. The van der Waals surface area contributed by atoms with Crippen molar-refractivity contribution in [3.05, 3.63) is 34.8 Å². The summed E-state index contributed by atoms with van der Waals surface area (Å²) in [4.78, 5) is 15.2. The third-order valence-corrected chi connectivity index (χ3v) is 3.69. The van der Waals surface area contributed by atoms with Crippen LogP contribution in [0.5, 0.6) is 5.75 Å². The normalized spacial score (nSPS) is 11.4. The number of halogens is 3. The lowest BCUT2D eigenvalue weighted by atomic mass is 10.2. The number of aromatic nitrogens is 1. The molecule has 0 atom stereocenters. The molecule has 2 rings (SSSR count). The van der Waals surface area contributed by atoms with E-state index in [1.54, 1.807) is 6.92 Å². The van der Waals surface area contributed by atoms with Gasteiger partial charge in [-0.15, -0.1) is 24.5 Å². The van der Waals surface area contributed by atoms with Crippen LogP contribution in [-0.2, 0) is 6.42 Å². The highest BCUT2D eigenvalue weighted by molar-refractivity contribution is 7.17. The zero-order valence-electron chi connectivity index (χ0n) is 10.8. The number of aryl methyl sites for hydroxylation is 1. The van der Waals surface area contributed by atoms with E-state index in [1.165, 1.54) is 18.2 Å². The first-order chi connectivity index (χ1) is 9.81. The van der Waals surface area contributed by atoms with Crippen molar-refractivity contribution in [2.75, 3.05) is 0 Å². The fourth-order valence-electron chi connectivity index (χ4n) is 1.73. The van der Waals surface area contributed by atoms with Crippen molar-refractivity contribution >= 4 is 17.3 Å². The summed E-state index contributed by atoms with van der Waals surface area (Å²) in [6, 6.07) is 5.50. The molecular weight excluding hydrogens is 307 g/mol. The number of para-hydroxylation sites is 1. The molecular formula is C13H10F3NO3S. The Morgan fingerprint density at radius 3 is 2.57 bits per heavy atom. The summed E-state index contributed by atoms with van der Waals surface area (Å²) in [7, 11) is 0. The molecule has 0 aliphatic heterocycles. The van der Waals surface area contributed by atoms with E-state index >= 15 is 0 Å². The molecule has 4 nitrogen and oxygen atoms in total. The van der Waals surface area contributed by atoms with Gasteiger partial charge in [0.2, 0.25) is 0 Å². The third-order valence-electron chi connectivity index (χ3n) is 2.57. The Bertz CT molecular complexity index is 667. The maximum atomic E-state index is 12.4. The van der Waals surface area contributed by atoms with Crippen LogP contribution in [0.15, 0.2) is 24.3 Å². The van der Waals surface area contributed by atoms with E-state index in [-0.39, 0.29) is 15.4 Å². The van der Waals surface area contributed by atoms with Gasteiger partial charge in [0.1, 0.15) is 15.6 Å². The van der Waals surface area contributed by atoms with E-state index in [0.29, 0.717) is 12.1 Å². The Kier molecular flexibility index (Phi) is 4.17. The number of benzene rings is 1. The van der Waals surface area contributed by atoms with Crippen molar-refractivity contribution in [2.24, 2.45) is 0 Å². The summed E-state index contributed by atoms with van der Waals surface area (Å²) in [5.74, 6) is -1.55. The summed E-state index contributed by atoms with van der Waals surface area (Å²) in [5.41, 5.74) is 0.450. The van der Waals surface area contributed by atoms with E-state index in [2.05, 4.69) is 9.72 Å². The fraction of sp³-hybridized carbons (Fsp3) is 0.231. The second-order valence-corrected chi connectivity index (χ2v) is 5.00. The van der Waals surface area contributed by atoms with Crippen LogP contribution in [0.25, 0.3) is 10.6 Å². The lowest BCUT2D eigenvalue weighted by molar-refractivity contribution is -0.274. The molecule has 0 saturated carbocycles. The highest BCUT2D eigenvalue weighted by atomic mass is 32.1. The topological polar surface area (TPSA) is 59.4 Å². The number of alkyl halides is 3. The quantitative estimate of drug-likeness (QED) is 0.927. The largest absolute Gasteiger partial charge is 0.573 e. The van der Waals surface area contributed by atoms with Crippen LogP contribution in [0.3, 0.4) is 0 Å². The van der Waals surface area contributed by atoms with Gasteiger partial charge in [-0.3, -0.25) is 0 Å². The van der Waals surface area contributed by atoms with Crippen molar-refractivity contribution in [2.45, 2.75) is 19.7 Å². The summed E-state index contributed by atoms with van der Waals surface area (Å²) >= 11 is 0.827. The average Bonchev–Trinajstić information content (AvgIpc) is 2.81. The minimum Gasteiger partial charge on any atom is -0.477 e. The molecule has 0 amide bonds. The number of hydrogen-bond donors (Lipinski definition) is 1. The summed E-state index contributed by atoms with van der Waals surface area (Å²) in [5, 5.41) is 9.26. The Hall–Kier alpha value is -2.09. The average molecular weight is 317 g/mol. The molecule has 1 aromatic heterocycles. The van der Waals surface area contributed by atoms with Crippen LogP contribution < -0.4 is 4.74 Å². The lowest BCUT2D eigenvalue weighted by Gasteiger charge is -2.11. The van der Waals surface area contributed by atoms with Crippen LogP contribution in [0.4, 0.5) is 13.2 Å². The maximum absolute atomic E-state index is 12.4. The van der Waals surface area contributed by atoms with Gasteiger partial charge in [-0.2, -0.15) is 0 Å². The van der Waals surface area contributed by atoms with Gasteiger partial charge in [0, 0.05) is 0 Å². The Balaban J connectivity index is 2.50. The Morgan fingerprint density at radius 2 is 2.05 bits per heavy atom. The molecule has 0 bridgehead atoms. The standard InChI is InChI=1S/C13H10F3NO3S/c1-2-8-10(12(18)19)21-11(17-8)7-5-3-4-6-9(7)20-13(14,15)16/h3-6H,2H2,1H3,(H,18,19). The van der Waals surface area contributed by atoms with Gasteiger partial charge in [0.05, 0.1) is 11.3 Å². The molecule has 0 fully saturated rings. The number of rotatable bonds is 4. The number of thiazole rings is 1.